The Bertz CT molecular complexity index is 646. The van der Waals surface area contributed by atoms with E-state index in [-0.39, 0.29) is 31.3 Å². The lowest BCUT2D eigenvalue weighted by atomic mass is 10.2. The van der Waals surface area contributed by atoms with Gasteiger partial charge in [-0.2, -0.15) is 5.48 Å². The predicted molar refractivity (Wildman–Crippen MR) is 86.5 cm³/mol. The first-order chi connectivity index (χ1) is 12.0. The fraction of sp³-hybridized carbons (Fsp3) is 0.412. The Kier molecular flexibility index (Phi) is 6.64. The highest BCUT2D eigenvalue weighted by atomic mass is 16.7. The number of nitrogens with zero attached hydrogens (tertiary/aromatic N) is 1. The first-order valence-electron chi connectivity index (χ1n) is 8.03. The Morgan fingerprint density at radius 3 is 2.56 bits per heavy atom. The zero-order valence-corrected chi connectivity index (χ0v) is 13.6. The van der Waals surface area contributed by atoms with Gasteiger partial charge in [0.05, 0.1) is 12.1 Å². The van der Waals surface area contributed by atoms with Gasteiger partial charge in [-0.3, -0.25) is 9.59 Å². The number of ketones is 1. The van der Waals surface area contributed by atoms with Crippen LogP contribution in [-0.4, -0.2) is 52.8 Å². The van der Waals surface area contributed by atoms with Crippen LogP contribution in [-0.2, 0) is 19.2 Å². The third-order valence-electron chi connectivity index (χ3n) is 4.00. The van der Waals surface area contributed by atoms with Crippen molar-refractivity contribution < 1.29 is 29.1 Å². The van der Waals surface area contributed by atoms with E-state index in [9.17, 15) is 19.2 Å². The molecule has 134 valence electrons. The first kappa shape index (κ1) is 18.6. The average Bonchev–Trinajstić information content (AvgIpc) is 3.08. The quantitative estimate of drug-likeness (QED) is 0.527. The highest BCUT2D eigenvalue weighted by Gasteiger charge is 2.29. The molecule has 1 aromatic carbocycles. The minimum atomic E-state index is -1.53. The van der Waals surface area contributed by atoms with Crippen LogP contribution in [0.15, 0.2) is 30.3 Å². The van der Waals surface area contributed by atoms with Gasteiger partial charge in [-0.25, -0.2) is 9.59 Å². The lowest BCUT2D eigenvalue weighted by Gasteiger charge is -2.24. The van der Waals surface area contributed by atoms with Gasteiger partial charge in [0.25, 0.3) is 0 Å². The maximum atomic E-state index is 12.1. The molecule has 0 aliphatic carbocycles. The number of carbonyl (C=O) groups excluding carboxylic acids is 3. The summed E-state index contributed by atoms with van der Waals surface area (Å²) in [5.41, 5.74) is 3.01. The molecule has 8 nitrogen and oxygen atoms in total. The minimum Gasteiger partial charge on any atom is -0.476 e. The van der Waals surface area contributed by atoms with Crippen molar-refractivity contribution in [1.82, 2.24) is 10.4 Å². The molecule has 2 rings (SSSR count). The van der Waals surface area contributed by atoms with Crippen LogP contribution >= 0.6 is 0 Å². The van der Waals surface area contributed by atoms with Gasteiger partial charge in [-0.15, -0.1) is 0 Å². The number of rotatable bonds is 8. The lowest BCUT2D eigenvalue weighted by Crippen LogP contribution is -2.42. The Balaban J connectivity index is 1.77. The summed E-state index contributed by atoms with van der Waals surface area (Å²) >= 11 is 0. The highest BCUT2D eigenvalue weighted by Crippen LogP contribution is 2.18. The third-order valence-corrected chi connectivity index (χ3v) is 4.00. The van der Waals surface area contributed by atoms with E-state index >= 15 is 0 Å². The van der Waals surface area contributed by atoms with Gasteiger partial charge in [0.2, 0.25) is 11.7 Å². The van der Waals surface area contributed by atoms with E-state index in [1.54, 1.807) is 35.2 Å². The molecule has 0 unspecified atom stereocenters. The van der Waals surface area contributed by atoms with E-state index in [1.165, 1.54) is 0 Å². The molecule has 25 heavy (non-hydrogen) atoms. The number of carboxylic acids is 1. The number of benzene rings is 1. The van der Waals surface area contributed by atoms with E-state index in [0.717, 1.165) is 12.8 Å². The molecule has 1 amide bonds. The minimum absolute atomic E-state index is 0.133. The maximum absolute atomic E-state index is 12.1. The van der Waals surface area contributed by atoms with Crippen LogP contribution in [0.1, 0.15) is 36.0 Å². The number of aliphatic carboxylic acids is 1. The second-order valence-electron chi connectivity index (χ2n) is 5.72. The van der Waals surface area contributed by atoms with Crippen molar-refractivity contribution in [3.63, 3.8) is 0 Å². The molecule has 1 saturated heterocycles. The molecule has 0 bridgehead atoms. The van der Waals surface area contributed by atoms with Crippen LogP contribution in [0.25, 0.3) is 0 Å². The van der Waals surface area contributed by atoms with Crippen molar-refractivity contribution in [3.8, 4) is 0 Å². The normalized spacial score (nSPS) is 16.5. The number of likely N-dealkylation sites (tertiary alicyclic amines) is 1. The molecule has 0 saturated carbocycles. The predicted octanol–water partition coefficient (Wildman–Crippen LogP) is 0.773. The van der Waals surface area contributed by atoms with Crippen LogP contribution in [0.5, 0.6) is 0 Å². The molecule has 8 heteroatoms. The van der Waals surface area contributed by atoms with Gasteiger partial charge in [0.1, 0.15) is 0 Å². The van der Waals surface area contributed by atoms with E-state index < -0.39 is 17.7 Å². The summed E-state index contributed by atoms with van der Waals surface area (Å²) in [6.45, 7) is 0.816. The molecular weight excluding hydrogens is 328 g/mol. The van der Waals surface area contributed by atoms with E-state index in [4.69, 9.17) is 9.94 Å². The highest BCUT2D eigenvalue weighted by molar-refractivity contribution is 6.32. The Morgan fingerprint density at radius 2 is 1.88 bits per heavy atom. The van der Waals surface area contributed by atoms with Crippen LogP contribution in [0, 0.1) is 0 Å². The Labute approximate surface area is 144 Å². The number of hydroxylamine groups is 1. The molecular formula is C17H20N2O6. The second kappa shape index (κ2) is 8.93. The lowest BCUT2D eigenvalue weighted by molar-refractivity contribution is -0.149. The van der Waals surface area contributed by atoms with E-state index in [0.29, 0.717) is 12.1 Å². The van der Waals surface area contributed by atoms with Crippen molar-refractivity contribution in [1.29, 1.82) is 0 Å². The Morgan fingerprint density at radius 1 is 1.16 bits per heavy atom. The molecule has 1 aromatic rings. The number of nitrogens with one attached hydrogen (secondary N) is 1. The summed E-state index contributed by atoms with van der Waals surface area (Å²) in [4.78, 5) is 52.1. The number of hydrogen-bond donors (Lipinski definition) is 2. The standard InChI is InChI=1S/C17H20N2O6/c20-14(16(22)23)8-9-15(21)19-10-4-7-13(19)11-18-25-17(24)12-5-2-1-3-6-12/h1-3,5-6,13,18H,4,7-11H2,(H,22,23)/t13-/m0/s1. The van der Waals surface area contributed by atoms with E-state index in [2.05, 4.69) is 5.48 Å². The van der Waals surface area contributed by atoms with Gasteiger partial charge in [-0.1, -0.05) is 18.2 Å². The van der Waals surface area contributed by atoms with Gasteiger partial charge < -0.3 is 14.8 Å². The van der Waals surface area contributed by atoms with Crippen LogP contribution in [0.4, 0.5) is 0 Å². The molecule has 1 aliphatic rings. The van der Waals surface area contributed by atoms with Crippen molar-refractivity contribution in [3.05, 3.63) is 35.9 Å². The number of Topliss-reactive ketones (excluding diaryl/α,β-unsaturated/α-hetero) is 1. The number of hydrogen-bond acceptors (Lipinski definition) is 6. The SMILES string of the molecule is O=C(O)C(=O)CCC(=O)N1CCC[C@H]1CNOC(=O)c1ccccc1. The van der Waals surface area contributed by atoms with Gasteiger partial charge >= 0.3 is 11.9 Å². The second-order valence-corrected chi connectivity index (χ2v) is 5.72. The molecule has 2 N–H and O–H groups in total. The summed E-state index contributed by atoms with van der Waals surface area (Å²) in [5, 5.41) is 8.54. The average molecular weight is 348 g/mol. The molecule has 0 spiro atoms. The number of amides is 1. The topological polar surface area (TPSA) is 113 Å². The monoisotopic (exact) mass is 348 g/mol. The first-order valence-corrected chi connectivity index (χ1v) is 8.03. The summed E-state index contributed by atoms with van der Waals surface area (Å²) in [5.74, 6) is -3.28. The molecule has 0 aromatic heterocycles. The van der Waals surface area contributed by atoms with Crippen molar-refractivity contribution in [2.45, 2.75) is 31.7 Å². The fourth-order valence-electron chi connectivity index (χ4n) is 2.68. The van der Waals surface area contributed by atoms with E-state index in [1.807, 2.05) is 0 Å². The van der Waals surface area contributed by atoms with Crippen LogP contribution in [0.2, 0.25) is 0 Å². The summed E-state index contributed by atoms with van der Waals surface area (Å²) in [7, 11) is 0. The molecule has 1 heterocycles. The zero-order chi connectivity index (χ0) is 18.2. The summed E-state index contributed by atoms with van der Waals surface area (Å²) in [6.07, 6.45) is 1.10. The molecule has 1 fully saturated rings. The molecule has 1 atom stereocenters. The van der Waals surface area contributed by atoms with Crippen molar-refractivity contribution in [2.24, 2.45) is 0 Å². The fourth-order valence-corrected chi connectivity index (χ4v) is 2.68. The van der Waals surface area contributed by atoms with Crippen LogP contribution in [0.3, 0.4) is 0 Å². The number of carboxylic acid groups (broad SMARTS) is 1. The molecule has 0 radical (unpaired) electrons. The third kappa shape index (κ3) is 5.39. The number of carbonyl (C=O) groups is 4. The van der Waals surface area contributed by atoms with Gasteiger partial charge in [0.15, 0.2) is 0 Å². The zero-order valence-electron chi connectivity index (χ0n) is 13.6. The van der Waals surface area contributed by atoms with Crippen LogP contribution < -0.4 is 5.48 Å². The largest absolute Gasteiger partial charge is 0.476 e. The van der Waals surface area contributed by atoms with Crippen molar-refractivity contribution in [2.75, 3.05) is 13.1 Å². The Hall–Kier alpha value is -2.74. The summed E-state index contributed by atoms with van der Waals surface area (Å²) in [6, 6.07) is 8.36. The summed E-state index contributed by atoms with van der Waals surface area (Å²) < 4.78 is 0. The van der Waals surface area contributed by atoms with Gasteiger partial charge in [0, 0.05) is 25.4 Å². The van der Waals surface area contributed by atoms with Gasteiger partial charge in [-0.05, 0) is 25.0 Å². The van der Waals surface area contributed by atoms with Crippen molar-refractivity contribution >= 4 is 23.6 Å². The maximum Gasteiger partial charge on any atom is 0.372 e. The molecule has 1 aliphatic heterocycles. The smallest absolute Gasteiger partial charge is 0.372 e.